The van der Waals surface area contributed by atoms with E-state index in [1.54, 1.807) is 25.1 Å². The van der Waals surface area contributed by atoms with Gasteiger partial charge in [0.2, 0.25) is 0 Å². The minimum Gasteiger partial charge on any atom is -0.479 e. The Morgan fingerprint density at radius 2 is 2.16 bits per heavy atom. The molecule has 2 rings (SSSR count). The Balaban J connectivity index is 2.34. The third-order valence-corrected chi connectivity index (χ3v) is 2.64. The highest BCUT2D eigenvalue weighted by atomic mass is 19.1. The monoisotopic (exact) mass is 260 g/mol. The maximum Gasteiger partial charge on any atom is 0.171 e. The molecule has 0 amide bonds. The molecule has 0 radical (unpaired) electrons. The summed E-state index contributed by atoms with van der Waals surface area (Å²) in [5.41, 5.74) is 5.70. The SMILES string of the molecule is CC(N)C(Oc1cccc(F)c1C#N)c1ccco1. The van der Waals surface area contributed by atoms with Crippen LogP contribution in [-0.2, 0) is 0 Å². The van der Waals surface area contributed by atoms with Gasteiger partial charge in [-0.1, -0.05) is 6.07 Å². The van der Waals surface area contributed by atoms with Crippen molar-refractivity contribution in [3.63, 3.8) is 0 Å². The lowest BCUT2D eigenvalue weighted by Crippen LogP contribution is -2.29. The number of nitrogens with two attached hydrogens (primary N) is 1. The number of nitrogens with zero attached hydrogens (tertiary/aromatic N) is 1. The van der Waals surface area contributed by atoms with Gasteiger partial charge in [-0.3, -0.25) is 0 Å². The number of hydrogen-bond acceptors (Lipinski definition) is 4. The van der Waals surface area contributed by atoms with E-state index in [1.165, 1.54) is 24.5 Å². The van der Waals surface area contributed by atoms with Crippen LogP contribution < -0.4 is 10.5 Å². The van der Waals surface area contributed by atoms with Crippen molar-refractivity contribution < 1.29 is 13.5 Å². The number of halogens is 1. The van der Waals surface area contributed by atoms with E-state index in [4.69, 9.17) is 20.1 Å². The molecule has 19 heavy (non-hydrogen) atoms. The van der Waals surface area contributed by atoms with Crippen molar-refractivity contribution in [2.45, 2.75) is 19.1 Å². The summed E-state index contributed by atoms with van der Waals surface area (Å²) in [4.78, 5) is 0. The summed E-state index contributed by atoms with van der Waals surface area (Å²) in [6.07, 6.45) is 0.925. The van der Waals surface area contributed by atoms with E-state index < -0.39 is 11.9 Å². The van der Waals surface area contributed by atoms with Gasteiger partial charge in [-0.25, -0.2) is 4.39 Å². The topological polar surface area (TPSA) is 72.2 Å². The van der Waals surface area contributed by atoms with Crippen LogP contribution >= 0.6 is 0 Å². The molecule has 2 aromatic rings. The van der Waals surface area contributed by atoms with E-state index in [2.05, 4.69) is 0 Å². The maximum absolute atomic E-state index is 13.5. The highest BCUT2D eigenvalue weighted by Crippen LogP contribution is 2.28. The quantitative estimate of drug-likeness (QED) is 0.917. The summed E-state index contributed by atoms with van der Waals surface area (Å²) in [5, 5.41) is 8.96. The van der Waals surface area contributed by atoms with Crippen LogP contribution in [0.2, 0.25) is 0 Å². The second-order valence-corrected chi connectivity index (χ2v) is 4.14. The number of furan rings is 1. The van der Waals surface area contributed by atoms with Gasteiger partial charge in [0.05, 0.1) is 6.26 Å². The molecule has 1 heterocycles. The number of nitriles is 1. The molecule has 0 bridgehead atoms. The summed E-state index contributed by atoms with van der Waals surface area (Å²) in [6.45, 7) is 1.75. The molecule has 1 aromatic heterocycles. The lowest BCUT2D eigenvalue weighted by molar-refractivity contribution is 0.152. The zero-order chi connectivity index (χ0) is 13.8. The predicted octanol–water partition coefficient (Wildman–Crippen LogP) is 2.76. The zero-order valence-corrected chi connectivity index (χ0v) is 10.3. The van der Waals surface area contributed by atoms with E-state index in [0.717, 1.165) is 0 Å². The summed E-state index contributed by atoms with van der Waals surface area (Å²) < 4.78 is 24.4. The molecule has 0 spiro atoms. The highest BCUT2D eigenvalue weighted by Gasteiger charge is 2.23. The van der Waals surface area contributed by atoms with Gasteiger partial charge in [-0.05, 0) is 31.2 Å². The van der Waals surface area contributed by atoms with Crippen LogP contribution in [0.5, 0.6) is 5.75 Å². The van der Waals surface area contributed by atoms with E-state index >= 15 is 0 Å². The number of benzene rings is 1. The molecule has 0 aliphatic heterocycles. The molecule has 5 heteroatoms. The summed E-state index contributed by atoms with van der Waals surface area (Å²) in [6, 6.07) is 9.06. The first-order valence-corrected chi connectivity index (χ1v) is 5.77. The maximum atomic E-state index is 13.5. The molecule has 98 valence electrons. The predicted molar refractivity (Wildman–Crippen MR) is 66.8 cm³/mol. The lowest BCUT2D eigenvalue weighted by Gasteiger charge is -2.21. The minimum atomic E-state index is -0.622. The summed E-state index contributed by atoms with van der Waals surface area (Å²) in [7, 11) is 0. The van der Waals surface area contributed by atoms with Crippen LogP contribution in [0.1, 0.15) is 24.4 Å². The van der Waals surface area contributed by atoms with E-state index in [9.17, 15) is 4.39 Å². The van der Waals surface area contributed by atoms with Gasteiger partial charge >= 0.3 is 0 Å². The summed E-state index contributed by atoms with van der Waals surface area (Å²) in [5.74, 6) is 0.0622. The third-order valence-electron chi connectivity index (χ3n) is 2.64. The van der Waals surface area contributed by atoms with Crippen LogP contribution in [0, 0.1) is 17.1 Å². The van der Waals surface area contributed by atoms with Gasteiger partial charge in [0.15, 0.2) is 6.10 Å². The number of ether oxygens (including phenoxy) is 1. The Kier molecular flexibility index (Phi) is 3.83. The highest BCUT2D eigenvalue weighted by molar-refractivity contribution is 5.44. The molecule has 2 atom stereocenters. The molecule has 0 aliphatic carbocycles. The zero-order valence-electron chi connectivity index (χ0n) is 10.3. The molecular formula is C14H13FN2O2. The van der Waals surface area contributed by atoms with Gasteiger partial charge in [0.25, 0.3) is 0 Å². The van der Waals surface area contributed by atoms with Gasteiger partial charge < -0.3 is 14.9 Å². The standard InChI is InChI=1S/C14H13FN2O2/c1-9(17)14(13-6-3-7-18-13)19-12-5-2-4-11(15)10(12)8-16/h2-7,9,14H,17H2,1H3. The Labute approximate surface area is 110 Å². The van der Waals surface area contributed by atoms with E-state index in [-0.39, 0.29) is 17.4 Å². The molecule has 0 aliphatic rings. The fourth-order valence-corrected chi connectivity index (χ4v) is 1.73. The third kappa shape index (κ3) is 2.75. The van der Waals surface area contributed by atoms with Crippen molar-refractivity contribution in [3.8, 4) is 11.8 Å². The normalized spacial score (nSPS) is 13.6. The second kappa shape index (κ2) is 5.55. The smallest absolute Gasteiger partial charge is 0.171 e. The average Bonchev–Trinajstić information content (AvgIpc) is 2.89. The van der Waals surface area contributed by atoms with Crippen molar-refractivity contribution in [3.05, 3.63) is 53.7 Å². The van der Waals surface area contributed by atoms with Crippen molar-refractivity contribution in [1.82, 2.24) is 0 Å². The van der Waals surface area contributed by atoms with E-state index in [0.29, 0.717) is 5.76 Å². The first-order chi connectivity index (χ1) is 9.13. The fraction of sp³-hybridized carbons (Fsp3) is 0.214. The molecule has 2 unspecified atom stereocenters. The van der Waals surface area contributed by atoms with Crippen LogP contribution in [0.4, 0.5) is 4.39 Å². The Morgan fingerprint density at radius 1 is 1.37 bits per heavy atom. The van der Waals surface area contributed by atoms with Crippen molar-refractivity contribution in [2.24, 2.45) is 5.73 Å². The first-order valence-electron chi connectivity index (χ1n) is 5.77. The van der Waals surface area contributed by atoms with Crippen LogP contribution in [0.25, 0.3) is 0 Å². The van der Waals surface area contributed by atoms with Crippen molar-refractivity contribution >= 4 is 0 Å². The van der Waals surface area contributed by atoms with Gasteiger partial charge in [0.1, 0.15) is 29.0 Å². The molecule has 4 nitrogen and oxygen atoms in total. The molecule has 0 fully saturated rings. The Hall–Kier alpha value is -2.32. The molecule has 1 aromatic carbocycles. The minimum absolute atomic E-state index is 0.139. The van der Waals surface area contributed by atoms with Crippen LogP contribution in [0.15, 0.2) is 41.0 Å². The van der Waals surface area contributed by atoms with Gasteiger partial charge in [0, 0.05) is 6.04 Å². The van der Waals surface area contributed by atoms with Gasteiger partial charge in [-0.2, -0.15) is 5.26 Å². The average molecular weight is 260 g/mol. The molecule has 0 saturated heterocycles. The lowest BCUT2D eigenvalue weighted by atomic mass is 10.1. The Morgan fingerprint density at radius 3 is 2.74 bits per heavy atom. The van der Waals surface area contributed by atoms with Crippen molar-refractivity contribution in [1.29, 1.82) is 5.26 Å². The largest absolute Gasteiger partial charge is 0.479 e. The molecule has 2 N–H and O–H groups in total. The Bertz CT molecular complexity index is 588. The molecule has 0 saturated carbocycles. The van der Waals surface area contributed by atoms with E-state index in [1.807, 2.05) is 0 Å². The first kappa shape index (κ1) is 13.1. The second-order valence-electron chi connectivity index (χ2n) is 4.14. The summed E-state index contributed by atoms with van der Waals surface area (Å²) >= 11 is 0. The number of rotatable bonds is 4. The number of hydrogen-bond donors (Lipinski definition) is 1. The van der Waals surface area contributed by atoms with Gasteiger partial charge in [-0.15, -0.1) is 0 Å². The van der Waals surface area contributed by atoms with Crippen LogP contribution in [-0.4, -0.2) is 6.04 Å². The molecular weight excluding hydrogens is 247 g/mol. The van der Waals surface area contributed by atoms with Crippen LogP contribution in [0.3, 0.4) is 0 Å². The van der Waals surface area contributed by atoms with Crippen molar-refractivity contribution in [2.75, 3.05) is 0 Å². The fourth-order valence-electron chi connectivity index (χ4n) is 1.73.